The fourth-order valence-electron chi connectivity index (χ4n) is 4.02. The van der Waals surface area contributed by atoms with Gasteiger partial charge < -0.3 is 5.11 Å². The summed E-state index contributed by atoms with van der Waals surface area (Å²) < 4.78 is 0. The van der Waals surface area contributed by atoms with Crippen LogP contribution in [0, 0.1) is 23.2 Å². The highest BCUT2D eigenvalue weighted by molar-refractivity contribution is 5.82. The second-order valence-corrected chi connectivity index (χ2v) is 7.14. The third-order valence-electron chi connectivity index (χ3n) is 5.55. The van der Waals surface area contributed by atoms with Crippen LogP contribution in [0.25, 0.3) is 0 Å². The van der Waals surface area contributed by atoms with Crippen molar-refractivity contribution in [3.8, 4) is 0 Å². The molecule has 0 aromatic carbocycles. The van der Waals surface area contributed by atoms with Crippen LogP contribution in [0.4, 0.5) is 0 Å². The highest BCUT2D eigenvalue weighted by atomic mass is 16.3. The van der Waals surface area contributed by atoms with Gasteiger partial charge in [0.15, 0.2) is 0 Å². The molecule has 2 aliphatic rings. The second-order valence-electron chi connectivity index (χ2n) is 7.14. The van der Waals surface area contributed by atoms with E-state index in [4.69, 9.17) is 0 Å². The van der Waals surface area contributed by atoms with E-state index in [-0.39, 0.29) is 5.92 Å². The second kappa shape index (κ2) is 4.08. The molecule has 0 bridgehead atoms. The van der Waals surface area contributed by atoms with Crippen molar-refractivity contribution >= 4 is 5.78 Å². The molecule has 2 saturated carbocycles. The summed E-state index contributed by atoms with van der Waals surface area (Å²) in [5, 5.41) is 10.2. The van der Waals surface area contributed by atoms with Gasteiger partial charge in [-0.2, -0.15) is 0 Å². The van der Waals surface area contributed by atoms with E-state index >= 15 is 0 Å². The minimum Gasteiger partial charge on any atom is -0.390 e. The van der Waals surface area contributed by atoms with Gasteiger partial charge in [0.2, 0.25) is 0 Å². The minimum atomic E-state index is -0.596. The Balaban J connectivity index is 2.18. The lowest BCUT2D eigenvalue weighted by Gasteiger charge is -2.51. The van der Waals surface area contributed by atoms with E-state index in [2.05, 4.69) is 13.8 Å². The lowest BCUT2D eigenvalue weighted by molar-refractivity contribution is -0.136. The zero-order valence-corrected chi connectivity index (χ0v) is 11.6. The summed E-state index contributed by atoms with van der Waals surface area (Å²) in [6, 6.07) is 0. The first-order valence-corrected chi connectivity index (χ1v) is 6.99. The van der Waals surface area contributed by atoms with E-state index in [1.54, 1.807) is 0 Å². The fraction of sp³-hybridized carbons (Fsp3) is 0.933. The molecule has 0 unspecified atom stereocenters. The first-order chi connectivity index (χ1) is 7.74. The van der Waals surface area contributed by atoms with E-state index in [0.29, 0.717) is 23.0 Å². The van der Waals surface area contributed by atoms with Gasteiger partial charge >= 0.3 is 0 Å². The lowest BCUT2D eigenvalue weighted by atomic mass is 9.53. The molecule has 2 heteroatoms. The van der Waals surface area contributed by atoms with Crippen LogP contribution in [0.5, 0.6) is 0 Å². The number of hydrogen-bond donors (Lipinski definition) is 1. The summed E-state index contributed by atoms with van der Waals surface area (Å²) in [6.45, 7) is 8.27. The van der Waals surface area contributed by atoms with E-state index in [0.717, 1.165) is 25.7 Å². The summed E-state index contributed by atoms with van der Waals surface area (Å²) in [5.41, 5.74) is -0.253. The number of fused-ring (bicyclic) bond motifs is 1. The minimum absolute atomic E-state index is 0.193. The molecule has 2 aliphatic carbocycles. The van der Waals surface area contributed by atoms with Crippen molar-refractivity contribution in [2.24, 2.45) is 23.2 Å². The van der Waals surface area contributed by atoms with Crippen molar-refractivity contribution in [3.63, 3.8) is 0 Å². The summed E-state index contributed by atoms with van der Waals surface area (Å²) in [5.74, 6) is 1.46. The Morgan fingerprint density at radius 1 is 1.35 bits per heavy atom. The van der Waals surface area contributed by atoms with Crippen molar-refractivity contribution < 1.29 is 9.90 Å². The predicted octanol–water partition coefficient (Wildman–Crippen LogP) is 3.18. The van der Waals surface area contributed by atoms with Gasteiger partial charge in [0.1, 0.15) is 5.78 Å². The van der Waals surface area contributed by atoms with Crippen molar-refractivity contribution in [1.82, 2.24) is 0 Å². The van der Waals surface area contributed by atoms with Crippen LogP contribution < -0.4 is 0 Å². The van der Waals surface area contributed by atoms with Crippen LogP contribution in [0.15, 0.2) is 0 Å². The molecule has 0 radical (unpaired) electrons. The van der Waals surface area contributed by atoms with Crippen molar-refractivity contribution in [2.75, 3.05) is 0 Å². The zero-order chi connectivity index (χ0) is 12.8. The Kier molecular flexibility index (Phi) is 3.14. The summed E-state index contributed by atoms with van der Waals surface area (Å²) >= 11 is 0. The maximum atomic E-state index is 11.9. The van der Waals surface area contributed by atoms with E-state index in [1.165, 1.54) is 6.42 Å². The number of hydrogen-bond acceptors (Lipinski definition) is 2. The van der Waals surface area contributed by atoms with Crippen molar-refractivity contribution in [2.45, 2.75) is 65.4 Å². The first-order valence-electron chi connectivity index (χ1n) is 6.99. The van der Waals surface area contributed by atoms with Gasteiger partial charge in [-0.15, -0.1) is 0 Å². The predicted molar refractivity (Wildman–Crippen MR) is 68.6 cm³/mol. The molecule has 2 nitrogen and oxygen atoms in total. The molecule has 0 heterocycles. The van der Waals surface area contributed by atoms with Crippen LogP contribution in [0.3, 0.4) is 0 Å². The largest absolute Gasteiger partial charge is 0.390 e. The Labute approximate surface area is 105 Å². The number of ketones is 1. The van der Waals surface area contributed by atoms with Gasteiger partial charge in [-0.1, -0.05) is 13.8 Å². The molecule has 4 atom stereocenters. The molecule has 0 aromatic rings. The number of carbonyl (C=O) groups is 1. The van der Waals surface area contributed by atoms with Crippen LogP contribution in [0.2, 0.25) is 0 Å². The Morgan fingerprint density at radius 3 is 2.59 bits per heavy atom. The van der Waals surface area contributed by atoms with E-state index < -0.39 is 5.60 Å². The highest BCUT2D eigenvalue weighted by Gasteiger charge is 2.49. The lowest BCUT2D eigenvalue weighted by Crippen LogP contribution is -2.48. The monoisotopic (exact) mass is 238 g/mol. The molecule has 2 fully saturated rings. The number of aliphatic hydroxyl groups is 1. The Morgan fingerprint density at radius 2 is 2.00 bits per heavy atom. The average Bonchev–Trinajstić information content (AvgIpc) is 2.22. The zero-order valence-electron chi connectivity index (χ0n) is 11.6. The third-order valence-corrected chi connectivity index (χ3v) is 5.55. The van der Waals surface area contributed by atoms with E-state index in [1.807, 2.05) is 13.8 Å². The topological polar surface area (TPSA) is 37.3 Å². The standard InChI is InChI=1S/C15H26O2/c1-10-12-9-11(14(2,3)17)5-7-15(12,4)8-6-13(10)16/h10-12,17H,5-9H2,1-4H3/t10-,11+,12-,15-/m0/s1. The van der Waals surface area contributed by atoms with Gasteiger partial charge in [0, 0.05) is 12.3 Å². The highest BCUT2D eigenvalue weighted by Crippen LogP contribution is 2.54. The van der Waals surface area contributed by atoms with Crippen molar-refractivity contribution in [1.29, 1.82) is 0 Å². The van der Waals surface area contributed by atoms with Gasteiger partial charge in [0.05, 0.1) is 5.60 Å². The van der Waals surface area contributed by atoms with Crippen LogP contribution >= 0.6 is 0 Å². The number of rotatable bonds is 1. The average molecular weight is 238 g/mol. The Bertz CT molecular complexity index is 315. The third kappa shape index (κ3) is 2.29. The maximum Gasteiger partial charge on any atom is 0.136 e. The smallest absolute Gasteiger partial charge is 0.136 e. The van der Waals surface area contributed by atoms with Crippen LogP contribution in [-0.2, 0) is 4.79 Å². The number of Topliss-reactive ketones (excluding diaryl/α,β-unsaturated/α-hetero) is 1. The summed E-state index contributed by atoms with van der Waals surface area (Å²) in [6.07, 6.45) is 5.12. The SMILES string of the molecule is C[C@@H]1C(=O)CC[C@]2(C)CC[C@@H](C(C)(C)O)C[C@@H]12. The van der Waals surface area contributed by atoms with Crippen molar-refractivity contribution in [3.05, 3.63) is 0 Å². The molecule has 0 aliphatic heterocycles. The molecule has 0 spiro atoms. The molecular formula is C15H26O2. The molecule has 0 saturated heterocycles. The summed E-state index contributed by atoms with van der Waals surface area (Å²) in [7, 11) is 0. The number of carbonyl (C=O) groups excluding carboxylic acids is 1. The molecule has 0 aromatic heterocycles. The quantitative estimate of drug-likeness (QED) is 0.762. The normalized spacial score (nSPS) is 43.4. The van der Waals surface area contributed by atoms with Gasteiger partial charge in [-0.05, 0) is 56.8 Å². The molecule has 1 N–H and O–H groups in total. The molecule has 0 amide bonds. The van der Waals surface area contributed by atoms with Gasteiger partial charge in [0.25, 0.3) is 0 Å². The van der Waals surface area contributed by atoms with Gasteiger partial charge in [-0.25, -0.2) is 0 Å². The van der Waals surface area contributed by atoms with E-state index in [9.17, 15) is 9.90 Å². The first kappa shape index (κ1) is 13.1. The molecule has 2 rings (SSSR count). The maximum absolute atomic E-state index is 11.9. The molecular weight excluding hydrogens is 212 g/mol. The summed E-state index contributed by atoms with van der Waals surface area (Å²) in [4.78, 5) is 11.9. The fourth-order valence-corrected chi connectivity index (χ4v) is 4.02. The molecule has 17 heavy (non-hydrogen) atoms. The van der Waals surface area contributed by atoms with Gasteiger partial charge in [-0.3, -0.25) is 4.79 Å². The Hall–Kier alpha value is -0.370. The van der Waals surface area contributed by atoms with Crippen LogP contribution in [-0.4, -0.2) is 16.5 Å². The molecule has 98 valence electrons. The van der Waals surface area contributed by atoms with Crippen LogP contribution in [0.1, 0.15) is 59.8 Å².